The van der Waals surface area contributed by atoms with Crippen molar-refractivity contribution in [3.05, 3.63) is 18.0 Å². The first kappa shape index (κ1) is 8.48. The van der Waals surface area contributed by atoms with Crippen molar-refractivity contribution in [2.75, 3.05) is 13.1 Å². The third-order valence-corrected chi connectivity index (χ3v) is 3.31. The number of rotatable bonds is 2. The van der Waals surface area contributed by atoms with Crippen LogP contribution in [0.2, 0.25) is 0 Å². The van der Waals surface area contributed by atoms with Gasteiger partial charge in [-0.15, -0.1) is 0 Å². The Morgan fingerprint density at radius 1 is 1.21 bits per heavy atom. The van der Waals surface area contributed by atoms with Crippen molar-refractivity contribution >= 4 is 0 Å². The first-order valence-corrected chi connectivity index (χ1v) is 5.69. The Morgan fingerprint density at radius 3 is 2.71 bits per heavy atom. The number of piperidine rings is 1. The van der Waals surface area contributed by atoms with Gasteiger partial charge in [0.1, 0.15) is 0 Å². The van der Waals surface area contributed by atoms with Crippen molar-refractivity contribution in [3.63, 3.8) is 0 Å². The highest BCUT2D eigenvalue weighted by Crippen LogP contribution is 2.39. The third-order valence-electron chi connectivity index (χ3n) is 3.31. The largest absolute Gasteiger partial charge is 0.317 e. The zero-order chi connectivity index (χ0) is 9.38. The number of nitrogens with one attached hydrogen (secondary N) is 1. The highest BCUT2D eigenvalue weighted by Gasteiger charge is 2.26. The minimum Gasteiger partial charge on any atom is -0.317 e. The normalized spacial score (nSPS) is 24.0. The van der Waals surface area contributed by atoms with Crippen molar-refractivity contribution in [2.24, 2.45) is 0 Å². The first-order chi connectivity index (χ1) is 6.93. The molecule has 0 amide bonds. The summed E-state index contributed by atoms with van der Waals surface area (Å²) >= 11 is 0. The summed E-state index contributed by atoms with van der Waals surface area (Å²) in [6.07, 6.45) is 7.33. The van der Waals surface area contributed by atoms with Crippen molar-refractivity contribution < 1.29 is 0 Å². The van der Waals surface area contributed by atoms with Crippen LogP contribution in [-0.2, 0) is 0 Å². The Labute approximate surface area is 84.5 Å². The lowest BCUT2D eigenvalue weighted by Gasteiger charge is -2.22. The average molecular weight is 191 g/mol. The Morgan fingerprint density at radius 2 is 2.00 bits per heavy atom. The molecular weight excluding hydrogens is 174 g/mol. The summed E-state index contributed by atoms with van der Waals surface area (Å²) in [6, 6.07) is 2.85. The Kier molecular flexibility index (Phi) is 2.05. The van der Waals surface area contributed by atoms with Crippen molar-refractivity contribution in [2.45, 2.75) is 37.6 Å². The van der Waals surface area contributed by atoms with Gasteiger partial charge in [-0.3, -0.25) is 4.68 Å². The molecule has 1 aliphatic heterocycles. The van der Waals surface area contributed by atoms with Crippen LogP contribution < -0.4 is 5.32 Å². The summed E-state index contributed by atoms with van der Waals surface area (Å²) < 4.78 is 2.19. The van der Waals surface area contributed by atoms with E-state index in [1.807, 2.05) is 0 Å². The highest BCUT2D eigenvalue weighted by molar-refractivity contribution is 5.12. The molecule has 1 aliphatic carbocycles. The van der Waals surface area contributed by atoms with Gasteiger partial charge in [0, 0.05) is 12.1 Å². The van der Waals surface area contributed by atoms with Crippen molar-refractivity contribution in [1.29, 1.82) is 0 Å². The molecule has 0 aromatic carbocycles. The fraction of sp³-hybridized carbons (Fsp3) is 0.727. The van der Waals surface area contributed by atoms with Crippen LogP contribution in [0.15, 0.2) is 12.3 Å². The Bertz CT molecular complexity index is 308. The molecule has 0 radical (unpaired) electrons. The van der Waals surface area contributed by atoms with Gasteiger partial charge >= 0.3 is 0 Å². The van der Waals surface area contributed by atoms with Gasteiger partial charge in [0.05, 0.1) is 11.7 Å². The van der Waals surface area contributed by atoms with Crippen LogP contribution in [0.3, 0.4) is 0 Å². The van der Waals surface area contributed by atoms with E-state index in [-0.39, 0.29) is 0 Å². The van der Waals surface area contributed by atoms with Gasteiger partial charge in [0.15, 0.2) is 0 Å². The molecule has 0 spiro atoms. The Hall–Kier alpha value is -0.830. The standard InChI is InChI=1S/C11H17N3/c1-2-9(1)11-5-8-14(13-11)10-3-6-12-7-4-10/h5,8-10,12H,1-4,6-7H2. The third kappa shape index (κ3) is 1.57. The van der Waals surface area contributed by atoms with Crippen LogP contribution in [0.4, 0.5) is 0 Å². The smallest absolute Gasteiger partial charge is 0.0655 e. The molecule has 3 rings (SSSR count). The zero-order valence-electron chi connectivity index (χ0n) is 8.45. The summed E-state index contributed by atoms with van der Waals surface area (Å²) in [7, 11) is 0. The summed E-state index contributed by atoms with van der Waals surface area (Å²) in [5, 5.41) is 8.07. The molecule has 14 heavy (non-hydrogen) atoms. The molecule has 1 aromatic rings. The van der Waals surface area contributed by atoms with Crippen molar-refractivity contribution in [1.82, 2.24) is 15.1 Å². The average Bonchev–Trinajstić information content (AvgIpc) is 2.98. The lowest BCUT2D eigenvalue weighted by atomic mass is 10.1. The van der Waals surface area contributed by atoms with E-state index in [0.717, 1.165) is 19.0 Å². The maximum Gasteiger partial charge on any atom is 0.0655 e. The number of aromatic nitrogens is 2. The van der Waals surface area contributed by atoms with E-state index in [1.54, 1.807) is 0 Å². The van der Waals surface area contributed by atoms with Gasteiger partial charge in [-0.25, -0.2) is 0 Å². The molecule has 76 valence electrons. The van der Waals surface area contributed by atoms with Gasteiger partial charge in [-0.05, 0) is 44.8 Å². The zero-order valence-corrected chi connectivity index (χ0v) is 8.45. The molecule has 1 saturated carbocycles. The van der Waals surface area contributed by atoms with E-state index >= 15 is 0 Å². The second-order valence-electron chi connectivity index (χ2n) is 4.48. The van der Waals surface area contributed by atoms with Gasteiger partial charge in [0.25, 0.3) is 0 Å². The van der Waals surface area contributed by atoms with Crippen molar-refractivity contribution in [3.8, 4) is 0 Å². The van der Waals surface area contributed by atoms with Crippen LogP contribution in [0.1, 0.15) is 43.3 Å². The predicted molar refractivity (Wildman–Crippen MR) is 55.3 cm³/mol. The number of nitrogens with zero attached hydrogens (tertiary/aromatic N) is 2. The molecule has 0 atom stereocenters. The lowest BCUT2D eigenvalue weighted by Crippen LogP contribution is -2.29. The van der Waals surface area contributed by atoms with Crippen LogP contribution >= 0.6 is 0 Å². The minimum absolute atomic E-state index is 0.642. The van der Waals surface area contributed by atoms with E-state index in [0.29, 0.717) is 6.04 Å². The molecule has 3 heteroatoms. The van der Waals surface area contributed by atoms with Crippen LogP contribution in [0, 0.1) is 0 Å². The predicted octanol–water partition coefficient (Wildman–Crippen LogP) is 1.69. The molecule has 2 heterocycles. The minimum atomic E-state index is 0.642. The monoisotopic (exact) mass is 191 g/mol. The van der Waals surface area contributed by atoms with E-state index in [1.165, 1.54) is 31.4 Å². The molecule has 0 bridgehead atoms. The summed E-state index contributed by atoms with van der Waals surface area (Å²) in [5.74, 6) is 0.790. The van der Waals surface area contributed by atoms with E-state index < -0.39 is 0 Å². The van der Waals surface area contributed by atoms with Gasteiger partial charge in [0.2, 0.25) is 0 Å². The lowest BCUT2D eigenvalue weighted by molar-refractivity contribution is 0.341. The van der Waals surface area contributed by atoms with Gasteiger partial charge in [-0.1, -0.05) is 0 Å². The quantitative estimate of drug-likeness (QED) is 0.771. The summed E-state index contributed by atoms with van der Waals surface area (Å²) in [4.78, 5) is 0. The van der Waals surface area contributed by atoms with E-state index in [4.69, 9.17) is 0 Å². The maximum absolute atomic E-state index is 4.68. The van der Waals surface area contributed by atoms with E-state index in [9.17, 15) is 0 Å². The molecule has 1 aromatic heterocycles. The second kappa shape index (κ2) is 3.39. The van der Waals surface area contributed by atoms with E-state index in [2.05, 4.69) is 27.4 Å². The fourth-order valence-electron chi connectivity index (χ4n) is 2.22. The molecule has 2 aliphatic rings. The molecule has 3 nitrogen and oxygen atoms in total. The van der Waals surface area contributed by atoms with Crippen LogP contribution in [0.25, 0.3) is 0 Å². The second-order valence-corrected chi connectivity index (χ2v) is 4.48. The molecular formula is C11H17N3. The first-order valence-electron chi connectivity index (χ1n) is 5.69. The summed E-state index contributed by atoms with van der Waals surface area (Å²) in [6.45, 7) is 2.28. The fourth-order valence-corrected chi connectivity index (χ4v) is 2.22. The molecule has 1 N–H and O–H groups in total. The molecule has 1 saturated heterocycles. The topological polar surface area (TPSA) is 29.9 Å². The number of hydrogen-bond donors (Lipinski definition) is 1. The molecule has 2 fully saturated rings. The number of hydrogen-bond acceptors (Lipinski definition) is 2. The maximum atomic E-state index is 4.68. The van der Waals surface area contributed by atoms with Crippen LogP contribution in [0.5, 0.6) is 0 Å². The summed E-state index contributed by atoms with van der Waals surface area (Å²) in [5.41, 5.74) is 1.32. The Balaban J connectivity index is 1.74. The highest BCUT2D eigenvalue weighted by atomic mass is 15.3. The van der Waals surface area contributed by atoms with Gasteiger partial charge < -0.3 is 5.32 Å². The van der Waals surface area contributed by atoms with Gasteiger partial charge in [-0.2, -0.15) is 5.10 Å². The van der Waals surface area contributed by atoms with Crippen LogP contribution in [-0.4, -0.2) is 22.9 Å². The SMILES string of the molecule is c1cn(C2CCNCC2)nc1C1CC1. The molecule has 0 unspecified atom stereocenters.